The van der Waals surface area contributed by atoms with Gasteiger partial charge in [0.2, 0.25) is 5.78 Å². The molecule has 1 N–H and O–H groups in total. The lowest BCUT2D eigenvalue weighted by molar-refractivity contribution is -0.136. The number of hydrogen-bond donors (Lipinski definition) is 1. The molecule has 8 heteroatoms. The number of carbonyl (C=O) groups excluding carboxylic acids is 4. The van der Waals surface area contributed by atoms with Crippen molar-refractivity contribution in [1.29, 1.82) is 0 Å². The van der Waals surface area contributed by atoms with E-state index in [2.05, 4.69) is 5.32 Å². The minimum Gasteiger partial charge on any atom is -0.449 e. The van der Waals surface area contributed by atoms with Crippen molar-refractivity contribution < 1.29 is 23.9 Å². The number of benzene rings is 1. The van der Waals surface area contributed by atoms with E-state index >= 15 is 0 Å². The van der Waals surface area contributed by atoms with E-state index in [1.165, 1.54) is 24.3 Å². The number of amides is 3. The second kappa shape index (κ2) is 7.49. The molecule has 3 amide bonds. The number of nitrogens with one attached hydrogen (secondary N) is 1. The molecule has 1 aliphatic rings. The highest BCUT2D eigenvalue weighted by Crippen LogP contribution is 2.19. The van der Waals surface area contributed by atoms with E-state index in [-0.39, 0.29) is 23.5 Å². The van der Waals surface area contributed by atoms with E-state index in [1.807, 2.05) is 0 Å². The number of ether oxygens (including phenoxy) is 1. The predicted octanol–water partition coefficient (Wildman–Crippen LogP) is 2.08. The Morgan fingerprint density at radius 1 is 1.15 bits per heavy atom. The molecule has 2 aromatic rings. The van der Waals surface area contributed by atoms with Gasteiger partial charge in [0.1, 0.15) is 0 Å². The highest BCUT2D eigenvalue weighted by Gasteiger charge is 2.32. The average molecular weight is 372 g/mol. The van der Waals surface area contributed by atoms with Gasteiger partial charge in [-0.1, -0.05) is 24.3 Å². The van der Waals surface area contributed by atoms with E-state index in [4.69, 9.17) is 4.74 Å². The average Bonchev–Trinajstić information content (AvgIpc) is 3.32. The van der Waals surface area contributed by atoms with E-state index in [0.29, 0.717) is 11.4 Å². The minimum atomic E-state index is -1.14. The number of urea groups is 1. The third kappa shape index (κ3) is 3.50. The van der Waals surface area contributed by atoms with Crippen LogP contribution in [0.25, 0.3) is 0 Å². The van der Waals surface area contributed by atoms with Crippen molar-refractivity contribution in [1.82, 2.24) is 10.2 Å². The Morgan fingerprint density at radius 2 is 1.88 bits per heavy atom. The van der Waals surface area contributed by atoms with Gasteiger partial charge in [0.05, 0.1) is 10.4 Å². The number of rotatable bonds is 5. The van der Waals surface area contributed by atoms with E-state index < -0.39 is 24.0 Å². The molecule has 0 aliphatic carbocycles. The molecule has 1 fully saturated rings. The van der Waals surface area contributed by atoms with E-state index in [0.717, 1.165) is 4.90 Å². The van der Waals surface area contributed by atoms with Gasteiger partial charge in [-0.05, 0) is 24.4 Å². The SMILES string of the molecule is CC(OC(=O)c1ccccc1C(=O)c1cccs1)C(=O)N1CCNC1=O. The first kappa shape index (κ1) is 17.8. The molecule has 0 radical (unpaired) electrons. The summed E-state index contributed by atoms with van der Waals surface area (Å²) >= 11 is 1.28. The summed E-state index contributed by atoms with van der Waals surface area (Å²) in [4.78, 5) is 50.4. The molecule has 1 aliphatic heterocycles. The third-order valence-corrected chi connectivity index (χ3v) is 4.76. The smallest absolute Gasteiger partial charge is 0.339 e. The van der Waals surface area contributed by atoms with Gasteiger partial charge in [-0.25, -0.2) is 9.59 Å². The van der Waals surface area contributed by atoms with Crippen molar-refractivity contribution in [3.05, 3.63) is 57.8 Å². The van der Waals surface area contributed by atoms with Crippen LogP contribution in [-0.2, 0) is 9.53 Å². The lowest BCUT2D eigenvalue weighted by atomic mass is 10.0. The van der Waals surface area contributed by atoms with E-state index in [9.17, 15) is 19.2 Å². The Labute approximate surface area is 153 Å². The van der Waals surface area contributed by atoms with E-state index in [1.54, 1.807) is 35.7 Å². The maximum Gasteiger partial charge on any atom is 0.339 e. The number of imide groups is 1. The Kier molecular flexibility index (Phi) is 5.13. The molecule has 1 aromatic carbocycles. The zero-order valence-corrected chi connectivity index (χ0v) is 14.7. The molecule has 0 spiro atoms. The predicted molar refractivity (Wildman–Crippen MR) is 94.2 cm³/mol. The lowest BCUT2D eigenvalue weighted by Gasteiger charge is -2.18. The molecule has 3 rings (SSSR count). The zero-order chi connectivity index (χ0) is 18.7. The topological polar surface area (TPSA) is 92.8 Å². The largest absolute Gasteiger partial charge is 0.449 e. The Hall–Kier alpha value is -3.00. The van der Waals surface area contributed by atoms with Crippen molar-refractivity contribution in [2.24, 2.45) is 0 Å². The number of nitrogens with zero attached hydrogens (tertiary/aromatic N) is 1. The summed E-state index contributed by atoms with van der Waals surface area (Å²) in [6.45, 7) is 1.99. The van der Waals surface area contributed by atoms with Gasteiger partial charge in [-0.3, -0.25) is 14.5 Å². The quantitative estimate of drug-likeness (QED) is 0.641. The summed E-state index contributed by atoms with van der Waals surface area (Å²) in [5.41, 5.74) is 0.287. The summed E-state index contributed by atoms with van der Waals surface area (Å²) in [5, 5.41) is 4.29. The number of carbonyl (C=O) groups is 4. The fourth-order valence-electron chi connectivity index (χ4n) is 2.58. The third-order valence-electron chi connectivity index (χ3n) is 3.89. The van der Waals surface area contributed by atoms with Crippen molar-refractivity contribution in [2.45, 2.75) is 13.0 Å². The first-order valence-corrected chi connectivity index (χ1v) is 8.84. The summed E-state index contributed by atoms with van der Waals surface area (Å²) in [5.74, 6) is -1.67. The molecule has 1 aromatic heterocycles. The van der Waals surface area contributed by atoms with Crippen LogP contribution < -0.4 is 5.32 Å². The number of hydrogen-bond acceptors (Lipinski definition) is 6. The fourth-order valence-corrected chi connectivity index (χ4v) is 3.25. The van der Waals surface area contributed by atoms with Crippen LogP contribution in [0.5, 0.6) is 0 Å². The molecule has 0 bridgehead atoms. The van der Waals surface area contributed by atoms with Crippen molar-refractivity contribution in [3.8, 4) is 0 Å². The molecule has 134 valence electrons. The second-order valence-corrected chi connectivity index (χ2v) is 6.57. The van der Waals surface area contributed by atoms with Crippen LogP contribution in [-0.4, -0.2) is 47.8 Å². The number of ketones is 1. The first-order chi connectivity index (χ1) is 12.5. The normalized spacial score (nSPS) is 14.7. The van der Waals surface area contributed by atoms with Crippen molar-refractivity contribution in [3.63, 3.8) is 0 Å². The molecule has 1 atom stereocenters. The van der Waals surface area contributed by atoms with Crippen LogP contribution in [0.3, 0.4) is 0 Å². The Bertz CT molecular complexity index is 862. The zero-order valence-electron chi connectivity index (χ0n) is 13.9. The molecule has 7 nitrogen and oxygen atoms in total. The van der Waals surface area contributed by atoms with Crippen LogP contribution in [0.2, 0.25) is 0 Å². The molecule has 0 saturated carbocycles. The molecule has 1 saturated heterocycles. The van der Waals surface area contributed by atoms with Gasteiger partial charge in [0.15, 0.2) is 6.10 Å². The Morgan fingerprint density at radius 3 is 2.50 bits per heavy atom. The fraction of sp³-hybridized carbons (Fsp3) is 0.222. The molecular weight excluding hydrogens is 356 g/mol. The minimum absolute atomic E-state index is 0.0800. The van der Waals surface area contributed by atoms with Gasteiger partial charge in [0.25, 0.3) is 5.91 Å². The highest BCUT2D eigenvalue weighted by atomic mass is 32.1. The van der Waals surface area contributed by atoms with Gasteiger partial charge < -0.3 is 10.1 Å². The van der Waals surface area contributed by atoms with Crippen LogP contribution in [0.4, 0.5) is 4.79 Å². The molecule has 2 heterocycles. The summed E-state index contributed by atoms with van der Waals surface area (Å²) in [6, 6.07) is 9.20. The van der Waals surface area contributed by atoms with Crippen molar-refractivity contribution >= 4 is 35.0 Å². The van der Waals surface area contributed by atoms with Crippen LogP contribution in [0.15, 0.2) is 41.8 Å². The second-order valence-electron chi connectivity index (χ2n) is 5.62. The van der Waals surface area contributed by atoms with Gasteiger partial charge >= 0.3 is 12.0 Å². The van der Waals surface area contributed by atoms with Crippen LogP contribution in [0.1, 0.15) is 32.5 Å². The van der Waals surface area contributed by atoms with Gasteiger partial charge in [0, 0.05) is 18.7 Å². The standard InChI is InChI=1S/C18H16N2O5S/c1-11(16(22)20-9-8-19-18(20)24)25-17(23)13-6-3-2-5-12(13)15(21)14-7-4-10-26-14/h2-7,10-11H,8-9H2,1H3,(H,19,24). The maximum absolute atomic E-state index is 12.6. The summed E-state index contributed by atoms with van der Waals surface area (Å²) < 4.78 is 5.21. The maximum atomic E-state index is 12.6. The van der Waals surface area contributed by atoms with Crippen LogP contribution in [0, 0.1) is 0 Å². The summed E-state index contributed by atoms with van der Waals surface area (Å²) in [6.07, 6.45) is -1.14. The van der Waals surface area contributed by atoms with Gasteiger partial charge in [-0.2, -0.15) is 0 Å². The number of thiophene rings is 1. The number of esters is 1. The highest BCUT2D eigenvalue weighted by molar-refractivity contribution is 7.12. The van der Waals surface area contributed by atoms with Crippen LogP contribution >= 0.6 is 11.3 Å². The first-order valence-electron chi connectivity index (χ1n) is 7.96. The lowest BCUT2D eigenvalue weighted by Crippen LogP contribution is -2.41. The monoisotopic (exact) mass is 372 g/mol. The summed E-state index contributed by atoms with van der Waals surface area (Å²) in [7, 11) is 0. The molecule has 1 unspecified atom stereocenters. The van der Waals surface area contributed by atoms with Crippen molar-refractivity contribution in [2.75, 3.05) is 13.1 Å². The molecule has 26 heavy (non-hydrogen) atoms. The molecular formula is C18H16N2O5S. The Balaban J connectivity index is 1.77. The van der Waals surface area contributed by atoms with Gasteiger partial charge in [-0.15, -0.1) is 11.3 Å².